The molecule has 4 heteroatoms. The molecule has 2 heterocycles. The van der Waals surface area contributed by atoms with Gasteiger partial charge in [0.1, 0.15) is 11.9 Å². The highest BCUT2D eigenvalue weighted by molar-refractivity contribution is 5.81. The van der Waals surface area contributed by atoms with Crippen molar-refractivity contribution in [1.29, 1.82) is 0 Å². The van der Waals surface area contributed by atoms with E-state index >= 15 is 0 Å². The summed E-state index contributed by atoms with van der Waals surface area (Å²) in [5.41, 5.74) is 3.36. The van der Waals surface area contributed by atoms with Gasteiger partial charge in [0.25, 0.3) is 0 Å². The second-order valence-corrected chi connectivity index (χ2v) is 6.59. The molecule has 0 unspecified atom stereocenters. The van der Waals surface area contributed by atoms with Crippen LogP contribution < -0.4 is 9.47 Å². The molecule has 0 fully saturated rings. The van der Waals surface area contributed by atoms with E-state index in [4.69, 9.17) is 14.5 Å². The number of pyridine rings is 1. The molecule has 1 aromatic heterocycles. The SMILES string of the molecule is COc1ccc2cc3c(nc2c1)O[C@H](C)CN(Cc1ccccc1)C3. The lowest BCUT2D eigenvalue weighted by Crippen LogP contribution is -2.30. The van der Waals surface area contributed by atoms with Gasteiger partial charge in [-0.25, -0.2) is 4.98 Å². The molecule has 2 aromatic carbocycles. The summed E-state index contributed by atoms with van der Waals surface area (Å²) >= 11 is 0. The van der Waals surface area contributed by atoms with Crippen LogP contribution in [-0.2, 0) is 13.1 Å². The van der Waals surface area contributed by atoms with Crippen molar-refractivity contribution in [2.24, 2.45) is 0 Å². The maximum Gasteiger partial charge on any atom is 0.218 e. The van der Waals surface area contributed by atoms with Crippen LogP contribution in [0.3, 0.4) is 0 Å². The highest BCUT2D eigenvalue weighted by atomic mass is 16.5. The largest absolute Gasteiger partial charge is 0.497 e. The van der Waals surface area contributed by atoms with Crippen LogP contribution in [0.1, 0.15) is 18.1 Å². The average Bonchev–Trinajstić information content (AvgIpc) is 2.77. The van der Waals surface area contributed by atoms with Gasteiger partial charge < -0.3 is 9.47 Å². The van der Waals surface area contributed by atoms with Crippen molar-refractivity contribution in [3.05, 3.63) is 65.7 Å². The monoisotopic (exact) mass is 334 g/mol. The molecule has 0 N–H and O–H groups in total. The van der Waals surface area contributed by atoms with Crippen molar-refractivity contribution in [2.45, 2.75) is 26.1 Å². The molecule has 128 valence electrons. The Labute approximate surface area is 148 Å². The number of hydrogen-bond acceptors (Lipinski definition) is 4. The topological polar surface area (TPSA) is 34.6 Å². The Kier molecular flexibility index (Phi) is 4.28. The highest BCUT2D eigenvalue weighted by Gasteiger charge is 2.22. The summed E-state index contributed by atoms with van der Waals surface area (Å²) in [5.74, 6) is 1.55. The summed E-state index contributed by atoms with van der Waals surface area (Å²) < 4.78 is 11.4. The lowest BCUT2D eigenvalue weighted by atomic mass is 10.1. The summed E-state index contributed by atoms with van der Waals surface area (Å²) in [7, 11) is 1.67. The summed E-state index contributed by atoms with van der Waals surface area (Å²) in [4.78, 5) is 7.17. The fourth-order valence-corrected chi connectivity index (χ4v) is 3.37. The fourth-order valence-electron chi connectivity index (χ4n) is 3.37. The van der Waals surface area contributed by atoms with E-state index in [1.54, 1.807) is 7.11 Å². The molecule has 0 bridgehead atoms. The Morgan fingerprint density at radius 3 is 2.80 bits per heavy atom. The van der Waals surface area contributed by atoms with Gasteiger partial charge in [-0.05, 0) is 30.7 Å². The number of ether oxygens (including phenoxy) is 2. The van der Waals surface area contributed by atoms with Crippen molar-refractivity contribution < 1.29 is 9.47 Å². The van der Waals surface area contributed by atoms with E-state index in [0.29, 0.717) is 0 Å². The lowest BCUT2D eigenvalue weighted by Gasteiger charge is -2.21. The van der Waals surface area contributed by atoms with Crippen molar-refractivity contribution in [2.75, 3.05) is 13.7 Å². The maximum atomic E-state index is 6.11. The van der Waals surface area contributed by atoms with Crippen LogP contribution in [0.2, 0.25) is 0 Å². The van der Waals surface area contributed by atoms with Crippen LogP contribution >= 0.6 is 0 Å². The zero-order chi connectivity index (χ0) is 17.2. The van der Waals surface area contributed by atoms with E-state index in [2.05, 4.69) is 54.3 Å². The van der Waals surface area contributed by atoms with Gasteiger partial charge in [0.2, 0.25) is 5.88 Å². The summed E-state index contributed by atoms with van der Waals surface area (Å²) in [6, 6.07) is 18.7. The summed E-state index contributed by atoms with van der Waals surface area (Å²) in [6.07, 6.45) is 0.0977. The number of fused-ring (bicyclic) bond motifs is 2. The third-order valence-electron chi connectivity index (χ3n) is 4.54. The zero-order valence-corrected chi connectivity index (χ0v) is 14.6. The molecule has 4 nitrogen and oxygen atoms in total. The Morgan fingerprint density at radius 2 is 2.00 bits per heavy atom. The number of benzene rings is 2. The van der Waals surface area contributed by atoms with Crippen LogP contribution in [0.4, 0.5) is 0 Å². The van der Waals surface area contributed by atoms with Crippen LogP contribution in [-0.4, -0.2) is 29.6 Å². The molecular weight excluding hydrogens is 312 g/mol. The smallest absolute Gasteiger partial charge is 0.218 e. The number of hydrogen-bond donors (Lipinski definition) is 0. The first-order valence-corrected chi connectivity index (χ1v) is 8.62. The molecule has 1 atom stereocenters. The van der Waals surface area contributed by atoms with Gasteiger partial charge in [-0.2, -0.15) is 0 Å². The van der Waals surface area contributed by atoms with Crippen molar-refractivity contribution in [1.82, 2.24) is 9.88 Å². The lowest BCUT2D eigenvalue weighted by molar-refractivity contribution is 0.153. The number of methoxy groups -OCH3 is 1. The molecule has 0 spiro atoms. The number of aromatic nitrogens is 1. The fraction of sp³-hybridized carbons (Fsp3) is 0.286. The second-order valence-electron chi connectivity index (χ2n) is 6.59. The predicted molar refractivity (Wildman–Crippen MR) is 98.9 cm³/mol. The Bertz CT molecular complexity index is 880. The molecule has 0 amide bonds. The minimum atomic E-state index is 0.0977. The normalized spacial score (nSPS) is 17.6. The zero-order valence-electron chi connectivity index (χ0n) is 14.6. The van der Waals surface area contributed by atoms with Gasteiger partial charge in [0.05, 0.1) is 12.6 Å². The van der Waals surface area contributed by atoms with E-state index < -0.39 is 0 Å². The molecule has 0 saturated heterocycles. The minimum absolute atomic E-state index is 0.0977. The molecule has 3 aromatic rings. The number of rotatable bonds is 3. The average molecular weight is 334 g/mol. The van der Waals surface area contributed by atoms with E-state index in [0.717, 1.165) is 47.7 Å². The van der Waals surface area contributed by atoms with Crippen molar-refractivity contribution >= 4 is 10.9 Å². The van der Waals surface area contributed by atoms with Crippen LogP contribution in [0.15, 0.2) is 54.6 Å². The first-order valence-electron chi connectivity index (χ1n) is 8.62. The van der Waals surface area contributed by atoms with Crippen LogP contribution in [0.5, 0.6) is 11.6 Å². The van der Waals surface area contributed by atoms with Crippen LogP contribution in [0, 0.1) is 0 Å². The highest BCUT2D eigenvalue weighted by Crippen LogP contribution is 2.29. The van der Waals surface area contributed by atoms with E-state index in [1.165, 1.54) is 5.56 Å². The van der Waals surface area contributed by atoms with Crippen molar-refractivity contribution in [3.8, 4) is 11.6 Å². The summed E-state index contributed by atoms with van der Waals surface area (Å²) in [5, 5.41) is 1.11. The number of nitrogens with zero attached hydrogens (tertiary/aromatic N) is 2. The standard InChI is InChI=1S/C21H22N2O2/c1-15-12-23(13-16-6-4-3-5-7-16)14-18-10-17-8-9-19(24-2)11-20(17)22-21(18)25-15/h3-11,15H,12-14H2,1-2H3/t15-/m1/s1. The molecule has 4 rings (SSSR count). The molecule has 0 aliphatic carbocycles. The van der Waals surface area contributed by atoms with Crippen molar-refractivity contribution in [3.63, 3.8) is 0 Å². The van der Waals surface area contributed by atoms with Crippen LogP contribution in [0.25, 0.3) is 10.9 Å². The first-order chi connectivity index (χ1) is 12.2. The molecular formula is C21H22N2O2. The van der Waals surface area contributed by atoms with E-state index in [-0.39, 0.29) is 6.10 Å². The van der Waals surface area contributed by atoms with Gasteiger partial charge >= 0.3 is 0 Å². The Morgan fingerprint density at radius 1 is 1.16 bits per heavy atom. The van der Waals surface area contributed by atoms with Gasteiger partial charge in [-0.15, -0.1) is 0 Å². The second kappa shape index (κ2) is 6.73. The van der Waals surface area contributed by atoms with Gasteiger partial charge in [-0.1, -0.05) is 30.3 Å². The minimum Gasteiger partial charge on any atom is -0.497 e. The Hall–Kier alpha value is -2.59. The predicted octanol–water partition coefficient (Wildman–Crippen LogP) is 4.03. The maximum absolute atomic E-state index is 6.11. The van der Waals surface area contributed by atoms with E-state index in [9.17, 15) is 0 Å². The quantitative estimate of drug-likeness (QED) is 0.724. The van der Waals surface area contributed by atoms with Gasteiger partial charge in [0, 0.05) is 36.7 Å². The molecule has 1 aliphatic heterocycles. The van der Waals surface area contributed by atoms with E-state index in [1.807, 2.05) is 12.1 Å². The Balaban J connectivity index is 1.67. The summed E-state index contributed by atoms with van der Waals surface area (Å²) in [6.45, 7) is 4.73. The van der Waals surface area contributed by atoms with Gasteiger partial charge in [0.15, 0.2) is 0 Å². The first kappa shape index (κ1) is 15.9. The van der Waals surface area contributed by atoms with Gasteiger partial charge in [-0.3, -0.25) is 4.90 Å². The molecule has 25 heavy (non-hydrogen) atoms. The molecule has 0 saturated carbocycles. The third-order valence-corrected chi connectivity index (χ3v) is 4.54. The molecule has 0 radical (unpaired) electrons. The third kappa shape index (κ3) is 3.44. The molecule has 1 aliphatic rings.